The van der Waals surface area contributed by atoms with Crippen molar-refractivity contribution in [2.45, 2.75) is 0 Å². The number of rotatable bonds is 6. The first-order chi connectivity index (χ1) is 28.1. The Kier molecular flexibility index (Phi) is 6.70. The molecule has 0 saturated heterocycles. The summed E-state index contributed by atoms with van der Waals surface area (Å²) in [6.07, 6.45) is 0. The van der Waals surface area contributed by atoms with Gasteiger partial charge >= 0.3 is 0 Å². The molecular weight excluding hydrogens is 669 g/mol. The quantitative estimate of drug-likeness (QED) is 0.172. The molecule has 2 aromatic heterocycles. The van der Waals surface area contributed by atoms with Crippen molar-refractivity contribution in [3.63, 3.8) is 0 Å². The van der Waals surface area contributed by atoms with Crippen molar-refractivity contribution in [2.24, 2.45) is 0 Å². The maximum atomic E-state index is 9.36. The molecule has 258 valence electrons. The van der Waals surface area contributed by atoms with Crippen molar-refractivity contribution in [1.82, 2.24) is 4.57 Å². The summed E-state index contributed by atoms with van der Waals surface area (Å²) in [5, 5.41) is 5.84. The van der Waals surface area contributed by atoms with Crippen LogP contribution < -0.4 is 4.90 Å². The normalized spacial score (nSPS) is 12.1. The van der Waals surface area contributed by atoms with Crippen molar-refractivity contribution in [2.75, 3.05) is 4.90 Å². The Morgan fingerprint density at radius 3 is 1.98 bits per heavy atom. The number of anilines is 3. The minimum absolute atomic E-state index is 0.331. The molecule has 0 amide bonds. The lowest BCUT2D eigenvalue weighted by Crippen LogP contribution is -2.11. The summed E-state index contributed by atoms with van der Waals surface area (Å²) in [5.41, 5.74) is 11.9. The summed E-state index contributed by atoms with van der Waals surface area (Å²) in [6, 6.07) is 67.6. The van der Waals surface area contributed by atoms with E-state index in [0.717, 1.165) is 94.1 Å². The Hall–Kier alpha value is -7.36. The molecule has 55 heavy (non-hydrogen) atoms. The zero-order valence-electron chi connectivity index (χ0n) is 31.8. The van der Waals surface area contributed by atoms with Crippen molar-refractivity contribution < 1.29 is 7.16 Å². The first-order valence-corrected chi connectivity index (χ1v) is 18.6. The van der Waals surface area contributed by atoms with Crippen LogP contribution in [-0.4, -0.2) is 4.57 Å². The third-order valence-corrected chi connectivity index (χ3v) is 10.8. The summed E-state index contributed by atoms with van der Waals surface area (Å²) < 4.78 is 27.3. The lowest BCUT2D eigenvalue weighted by Gasteiger charge is -2.26. The molecule has 11 rings (SSSR count). The number of nitrogens with zero attached hydrogens (tertiary/aromatic N) is 2. The van der Waals surface area contributed by atoms with Crippen LogP contribution in [0, 0.1) is 0 Å². The predicted octanol–water partition coefficient (Wildman–Crippen LogP) is 14.6. The van der Waals surface area contributed by atoms with Gasteiger partial charge in [-0.15, -0.1) is 0 Å². The molecule has 0 aliphatic carbocycles. The fourth-order valence-corrected chi connectivity index (χ4v) is 8.35. The van der Waals surface area contributed by atoms with Crippen LogP contribution in [0.4, 0.5) is 17.1 Å². The van der Waals surface area contributed by atoms with Gasteiger partial charge in [-0.1, -0.05) is 152 Å². The van der Waals surface area contributed by atoms with E-state index in [1.54, 1.807) is 0 Å². The third-order valence-electron chi connectivity index (χ3n) is 10.8. The molecule has 3 nitrogen and oxygen atoms in total. The Balaban J connectivity index is 1.17. The van der Waals surface area contributed by atoms with Gasteiger partial charge in [0.2, 0.25) is 0 Å². The highest BCUT2D eigenvalue weighted by Gasteiger charge is 2.22. The fourth-order valence-electron chi connectivity index (χ4n) is 8.35. The van der Waals surface area contributed by atoms with Gasteiger partial charge in [0.25, 0.3) is 0 Å². The smallest absolute Gasteiger partial charge is 0.159 e. The number of hydrogen-bond donors (Lipinski definition) is 0. The molecule has 0 bridgehead atoms. The topological polar surface area (TPSA) is 21.3 Å². The van der Waals surface area contributed by atoms with Gasteiger partial charge in [0, 0.05) is 38.6 Å². The van der Waals surface area contributed by atoms with Crippen LogP contribution in [0.25, 0.3) is 82.5 Å². The standard InChI is InChI=1S/C52H34N2O/c1-3-14-35(15-4-1)36-28-31-39(32-29-36)53(48-26-13-24-44-43-21-8-10-27-49(43)55-52(44)48)40-19-12-20-41(34-40)54-46-25-9-7-22-45(46)51-47(54)33-30-38-18-11-23-42(50(38)51)37-16-5-2-6-17-37/h1-34H/i18D,30D. The lowest BCUT2D eigenvalue weighted by molar-refractivity contribution is 0.669. The SMILES string of the molecule is [2H]c1ccc(-c2ccccc2)c2c1c([2H])cc1c2c2ccccc2n1-c1cccc(N(c2ccc(-c3ccccc3)cc2)c2cccc3c2oc2ccccc23)c1. The Morgan fingerprint density at radius 2 is 1.15 bits per heavy atom. The summed E-state index contributed by atoms with van der Waals surface area (Å²) in [4.78, 5) is 2.28. The number of aromatic nitrogens is 1. The molecule has 3 heteroatoms. The summed E-state index contributed by atoms with van der Waals surface area (Å²) in [7, 11) is 0. The van der Waals surface area contributed by atoms with E-state index < -0.39 is 0 Å². The number of furan rings is 1. The second-order valence-electron chi connectivity index (χ2n) is 13.9. The molecule has 0 atom stereocenters. The molecule has 0 fully saturated rings. The third kappa shape index (κ3) is 5.05. The maximum Gasteiger partial charge on any atom is 0.159 e. The van der Waals surface area contributed by atoms with E-state index in [1.165, 1.54) is 0 Å². The van der Waals surface area contributed by atoms with Gasteiger partial charge in [0.15, 0.2) is 5.58 Å². The predicted molar refractivity (Wildman–Crippen MR) is 231 cm³/mol. The number of fused-ring (bicyclic) bond motifs is 8. The molecule has 11 aromatic rings. The molecule has 0 unspecified atom stereocenters. The van der Waals surface area contributed by atoms with Gasteiger partial charge in [0.05, 0.1) is 19.5 Å². The number of benzene rings is 9. The summed E-state index contributed by atoms with van der Waals surface area (Å²) in [6.45, 7) is 0. The van der Waals surface area contributed by atoms with Crippen LogP contribution in [-0.2, 0) is 0 Å². The van der Waals surface area contributed by atoms with Gasteiger partial charge in [-0.05, 0) is 87.6 Å². The lowest BCUT2D eigenvalue weighted by atomic mass is 9.94. The Morgan fingerprint density at radius 1 is 0.455 bits per heavy atom. The van der Waals surface area contributed by atoms with Gasteiger partial charge in [-0.25, -0.2) is 0 Å². The van der Waals surface area contributed by atoms with Crippen LogP contribution in [0.1, 0.15) is 2.74 Å². The maximum absolute atomic E-state index is 9.36. The van der Waals surface area contributed by atoms with Crippen molar-refractivity contribution >= 4 is 71.6 Å². The van der Waals surface area contributed by atoms with Crippen LogP contribution in [0.5, 0.6) is 0 Å². The van der Waals surface area contributed by atoms with Crippen molar-refractivity contribution in [1.29, 1.82) is 0 Å². The van der Waals surface area contributed by atoms with Gasteiger partial charge < -0.3 is 13.9 Å². The summed E-state index contributed by atoms with van der Waals surface area (Å²) in [5.74, 6) is 0. The second kappa shape index (κ2) is 12.6. The molecule has 0 radical (unpaired) electrons. The van der Waals surface area contributed by atoms with Crippen LogP contribution in [0.3, 0.4) is 0 Å². The molecule has 0 saturated carbocycles. The van der Waals surface area contributed by atoms with E-state index in [4.69, 9.17) is 5.79 Å². The van der Waals surface area contributed by atoms with E-state index in [-0.39, 0.29) is 0 Å². The van der Waals surface area contributed by atoms with Crippen molar-refractivity contribution in [3.05, 3.63) is 206 Å². The van der Waals surface area contributed by atoms with Gasteiger partial charge in [-0.2, -0.15) is 0 Å². The average Bonchev–Trinajstić information content (AvgIpc) is 3.81. The van der Waals surface area contributed by atoms with Crippen LogP contribution in [0.2, 0.25) is 0 Å². The minimum atomic E-state index is 0.331. The Bertz CT molecular complexity index is 3310. The first-order valence-electron chi connectivity index (χ1n) is 19.6. The monoisotopic (exact) mass is 704 g/mol. The van der Waals surface area contributed by atoms with E-state index in [9.17, 15) is 1.37 Å². The number of hydrogen-bond acceptors (Lipinski definition) is 2. The van der Waals surface area contributed by atoms with Gasteiger partial charge in [0.1, 0.15) is 5.58 Å². The average molecular weight is 705 g/mol. The number of para-hydroxylation sites is 3. The van der Waals surface area contributed by atoms with Crippen LogP contribution >= 0.6 is 0 Å². The van der Waals surface area contributed by atoms with E-state index in [0.29, 0.717) is 17.5 Å². The highest BCUT2D eigenvalue weighted by atomic mass is 16.3. The molecule has 0 spiro atoms. The van der Waals surface area contributed by atoms with E-state index in [1.807, 2.05) is 54.6 Å². The fraction of sp³-hybridized carbons (Fsp3) is 0. The van der Waals surface area contributed by atoms with E-state index >= 15 is 0 Å². The summed E-state index contributed by atoms with van der Waals surface area (Å²) >= 11 is 0. The van der Waals surface area contributed by atoms with E-state index in [2.05, 4.69) is 149 Å². The highest BCUT2D eigenvalue weighted by molar-refractivity contribution is 6.25. The highest BCUT2D eigenvalue weighted by Crippen LogP contribution is 2.45. The first kappa shape index (κ1) is 29.1. The zero-order chi connectivity index (χ0) is 38.0. The van der Waals surface area contributed by atoms with Gasteiger partial charge in [-0.3, -0.25) is 0 Å². The molecule has 0 N–H and O–H groups in total. The molecule has 0 aliphatic heterocycles. The zero-order valence-corrected chi connectivity index (χ0v) is 29.8. The molecule has 2 heterocycles. The minimum Gasteiger partial charge on any atom is -0.454 e. The largest absolute Gasteiger partial charge is 0.454 e. The molecule has 9 aromatic carbocycles. The second-order valence-corrected chi connectivity index (χ2v) is 13.9. The van der Waals surface area contributed by atoms with Crippen LogP contribution in [0.15, 0.2) is 211 Å². The molecular formula is C52H34N2O. The Labute approximate surface area is 321 Å². The molecule has 0 aliphatic rings. The van der Waals surface area contributed by atoms with Crippen molar-refractivity contribution in [3.8, 4) is 27.9 Å².